The van der Waals surface area contributed by atoms with Crippen LogP contribution in [0.5, 0.6) is 0 Å². The molecule has 0 saturated heterocycles. The van der Waals surface area contributed by atoms with E-state index in [0.29, 0.717) is 33.7 Å². The Morgan fingerprint density at radius 3 is 2.67 bits per heavy atom. The first kappa shape index (κ1) is 16.0. The van der Waals surface area contributed by atoms with Crippen LogP contribution < -0.4 is 11.1 Å². The number of anilines is 1. The summed E-state index contributed by atoms with van der Waals surface area (Å²) in [4.78, 5) is 11.9. The van der Waals surface area contributed by atoms with Crippen LogP contribution in [-0.2, 0) is 17.8 Å². The van der Waals surface area contributed by atoms with Gasteiger partial charge in [0, 0.05) is 12.6 Å². The van der Waals surface area contributed by atoms with Crippen LogP contribution in [-0.4, -0.2) is 27.4 Å². The van der Waals surface area contributed by atoms with Crippen molar-refractivity contribution in [2.45, 2.75) is 13.0 Å². The Morgan fingerprint density at radius 1 is 1.24 bits per heavy atom. The van der Waals surface area contributed by atoms with E-state index in [1.807, 2.05) is 0 Å². The fourth-order valence-electron chi connectivity index (χ4n) is 1.63. The van der Waals surface area contributed by atoms with Gasteiger partial charge in [-0.25, -0.2) is 4.68 Å². The highest BCUT2D eigenvalue weighted by molar-refractivity contribution is 6.44. The predicted octanol–water partition coefficient (Wildman–Crippen LogP) is 2.38. The zero-order chi connectivity index (χ0) is 15.4. The summed E-state index contributed by atoms with van der Waals surface area (Å²) in [6, 6.07) is 2.96. The molecule has 1 aromatic carbocycles. The lowest BCUT2D eigenvalue weighted by Gasteiger charge is -2.08. The number of rotatable bonds is 5. The highest BCUT2D eigenvalue weighted by atomic mass is 35.5. The van der Waals surface area contributed by atoms with Crippen LogP contribution in [0.15, 0.2) is 18.3 Å². The number of hydrogen-bond acceptors (Lipinski definition) is 4. The summed E-state index contributed by atoms with van der Waals surface area (Å²) >= 11 is 17.7. The van der Waals surface area contributed by atoms with Crippen LogP contribution >= 0.6 is 34.8 Å². The number of nitrogens with two attached hydrogens (primary N) is 1. The summed E-state index contributed by atoms with van der Waals surface area (Å²) < 4.78 is 1.42. The second kappa shape index (κ2) is 7.09. The Bertz CT molecular complexity index is 658. The molecule has 6 nitrogen and oxygen atoms in total. The van der Waals surface area contributed by atoms with Crippen molar-refractivity contribution in [3.63, 3.8) is 0 Å². The molecular weight excluding hydrogens is 337 g/mol. The van der Waals surface area contributed by atoms with Gasteiger partial charge in [0.25, 0.3) is 0 Å². The molecule has 0 aliphatic heterocycles. The topological polar surface area (TPSA) is 85.8 Å². The van der Waals surface area contributed by atoms with Crippen LogP contribution in [0.2, 0.25) is 15.1 Å². The molecule has 0 saturated carbocycles. The van der Waals surface area contributed by atoms with Crippen molar-refractivity contribution in [1.29, 1.82) is 0 Å². The molecule has 1 aromatic heterocycles. The van der Waals surface area contributed by atoms with Gasteiger partial charge in [-0.15, -0.1) is 5.10 Å². The molecule has 0 spiro atoms. The smallest absolute Gasteiger partial charge is 0.246 e. The number of amides is 1. The Hall–Kier alpha value is -1.34. The van der Waals surface area contributed by atoms with E-state index in [1.165, 1.54) is 16.8 Å². The molecule has 3 N–H and O–H groups in total. The van der Waals surface area contributed by atoms with E-state index in [-0.39, 0.29) is 12.5 Å². The maximum absolute atomic E-state index is 11.9. The number of aromatic nitrogens is 3. The summed E-state index contributed by atoms with van der Waals surface area (Å²) in [5, 5.41) is 11.3. The van der Waals surface area contributed by atoms with Crippen molar-refractivity contribution in [1.82, 2.24) is 15.0 Å². The van der Waals surface area contributed by atoms with Gasteiger partial charge in [-0.1, -0.05) is 40.0 Å². The number of benzene rings is 1. The highest BCUT2D eigenvalue weighted by Crippen LogP contribution is 2.32. The van der Waals surface area contributed by atoms with Gasteiger partial charge in [-0.2, -0.15) is 0 Å². The van der Waals surface area contributed by atoms with Crippen LogP contribution in [0.25, 0.3) is 0 Å². The number of nitrogens with zero attached hydrogens (tertiary/aromatic N) is 3. The van der Waals surface area contributed by atoms with Gasteiger partial charge in [-0.3, -0.25) is 4.79 Å². The average Bonchev–Trinajstić information content (AvgIpc) is 2.83. The maximum atomic E-state index is 11.9. The molecule has 1 heterocycles. The van der Waals surface area contributed by atoms with Crippen LogP contribution in [0, 0.1) is 0 Å². The molecule has 0 radical (unpaired) electrons. The lowest BCUT2D eigenvalue weighted by Crippen LogP contribution is -2.19. The van der Waals surface area contributed by atoms with Crippen LogP contribution in [0.4, 0.5) is 5.69 Å². The molecule has 0 atom stereocenters. The Balaban J connectivity index is 2.02. The van der Waals surface area contributed by atoms with E-state index in [9.17, 15) is 4.79 Å². The van der Waals surface area contributed by atoms with E-state index >= 15 is 0 Å². The molecule has 1 amide bonds. The Morgan fingerprint density at radius 2 is 1.95 bits per heavy atom. The minimum atomic E-state index is -0.306. The molecule has 112 valence electrons. The fourth-order valence-corrected chi connectivity index (χ4v) is 2.23. The quantitative estimate of drug-likeness (QED) is 0.812. The van der Waals surface area contributed by atoms with E-state index in [1.54, 1.807) is 6.20 Å². The van der Waals surface area contributed by atoms with Crippen molar-refractivity contribution >= 4 is 46.4 Å². The van der Waals surface area contributed by atoms with Gasteiger partial charge in [0.05, 0.1) is 26.4 Å². The first-order valence-electron chi connectivity index (χ1n) is 6.03. The van der Waals surface area contributed by atoms with Gasteiger partial charge in [0.15, 0.2) is 0 Å². The third-order valence-corrected chi connectivity index (χ3v) is 3.61. The van der Waals surface area contributed by atoms with E-state index < -0.39 is 0 Å². The van der Waals surface area contributed by atoms with Crippen LogP contribution in [0.1, 0.15) is 5.69 Å². The molecule has 2 aromatic rings. The van der Waals surface area contributed by atoms with Crippen molar-refractivity contribution in [2.24, 2.45) is 5.73 Å². The van der Waals surface area contributed by atoms with Gasteiger partial charge in [-0.05, 0) is 18.7 Å². The van der Waals surface area contributed by atoms with Crippen molar-refractivity contribution in [3.05, 3.63) is 39.1 Å². The zero-order valence-electron chi connectivity index (χ0n) is 10.8. The molecule has 0 fully saturated rings. The summed E-state index contributed by atoms with van der Waals surface area (Å²) in [7, 11) is 0. The zero-order valence-corrected chi connectivity index (χ0v) is 13.1. The third kappa shape index (κ3) is 4.31. The SMILES string of the molecule is NCCc1cn(CC(=O)Nc2cc(Cl)c(Cl)cc2Cl)nn1. The van der Waals surface area contributed by atoms with Gasteiger partial charge >= 0.3 is 0 Å². The Kier molecular flexibility index (Phi) is 5.41. The Labute approximate surface area is 136 Å². The second-order valence-electron chi connectivity index (χ2n) is 4.24. The maximum Gasteiger partial charge on any atom is 0.246 e. The molecule has 21 heavy (non-hydrogen) atoms. The van der Waals surface area contributed by atoms with Gasteiger partial charge < -0.3 is 11.1 Å². The molecule has 0 aliphatic rings. The molecule has 9 heteroatoms. The molecule has 0 aliphatic carbocycles. The summed E-state index contributed by atoms with van der Waals surface area (Å²) in [6.07, 6.45) is 2.28. The first-order chi connectivity index (χ1) is 9.99. The van der Waals surface area contributed by atoms with Crippen molar-refractivity contribution < 1.29 is 4.79 Å². The number of carbonyl (C=O) groups excluding carboxylic acids is 1. The standard InChI is InChI=1S/C12H12Cl3N5O/c13-8-3-10(15)11(4-9(8)14)17-12(21)6-20-5-7(1-2-16)18-19-20/h3-5H,1-2,6,16H2,(H,17,21). The minimum absolute atomic E-state index is 0.00808. The normalized spacial score (nSPS) is 10.7. The molecule has 0 bridgehead atoms. The van der Waals surface area contributed by atoms with Crippen LogP contribution in [0.3, 0.4) is 0 Å². The number of carbonyl (C=O) groups is 1. The largest absolute Gasteiger partial charge is 0.330 e. The minimum Gasteiger partial charge on any atom is -0.330 e. The summed E-state index contributed by atoms with van der Waals surface area (Å²) in [5.41, 5.74) is 6.54. The lowest BCUT2D eigenvalue weighted by molar-refractivity contribution is -0.116. The molecule has 2 rings (SSSR count). The molecule has 0 unspecified atom stereocenters. The summed E-state index contributed by atoms with van der Waals surface area (Å²) in [6.45, 7) is 0.484. The monoisotopic (exact) mass is 347 g/mol. The average molecular weight is 349 g/mol. The first-order valence-corrected chi connectivity index (χ1v) is 7.16. The lowest BCUT2D eigenvalue weighted by atomic mass is 10.3. The van der Waals surface area contributed by atoms with E-state index in [2.05, 4.69) is 15.6 Å². The summed E-state index contributed by atoms with van der Waals surface area (Å²) in [5.74, 6) is -0.306. The second-order valence-corrected chi connectivity index (χ2v) is 5.46. The van der Waals surface area contributed by atoms with Gasteiger partial charge in [0.2, 0.25) is 5.91 Å². The molecular formula is C12H12Cl3N5O. The van der Waals surface area contributed by atoms with Crippen molar-refractivity contribution in [2.75, 3.05) is 11.9 Å². The highest BCUT2D eigenvalue weighted by Gasteiger charge is 2.11. The third-order valence-electron chi connectivity index (χ3n) is 2.58. The number of nitrogens with one attached hydrogen (secondary N) is 1. The number of hydrogen-bond donors (Lipinski definition) is 2. The van der Waals surface area contributed by atoms with Gasteiger partial charge in [0.1, 0.15) is 6.54 Å². The predicted molar refractivity (Wildman–Crippen MR) is 82.9 cm³/mol. The van der Waals surface area contributed by atoms with E-state index in [4.69, 9.17) is 40.5 Å². The number of halogens is 3. The van der Waals surface area contributed by atoms with Crippen molar-refractivity contribution in [3.8, 4) is 0 Å². The van der Waals surface area contributed by atoms with E-state index in [0.717, 1.165) is 5.69 Å². The fraction of sp³-hybridized carbons (Fsp3) is 0.250.